The number of furan rings is 1. The Kier molecular flexibility index (Phi) is 5.10. The van der Waals surface area contributed by atoms with E-state index in [1.165, 1.54) is 12.8 Å². The van der Waals surface area contributed by atoms with Gasteiger partial charge in [0, 0.05) is 24.7 Å². The summed E-state index contributed by atoms with van der Waals surface area (Å²) in [4.78, 5) is 14.5. The van der Waals surface area contributed by atoms with Crippen molar-refractivity contribution in [2.75, 3.05) is 13.2 Å². The number of nitrogens with zero attached hydrogens (tertiary/aromatic N) is 1. The lowest BCUT2D eigenvalue weighted by Gasteiger charge is -2.21. The number of carbonyl (C=O) groups excluding carboxylic acids is 1. The monoisotopic (exact) mass is 314 g/mol. The number of rotatable bonds is 8. The van der Waals surface area contributed by atoms with Gasteiger partial charge in [0.15, 0.2) is 0 Å². The van der Waals surface area contributed by atoms with Crippen LogP contribution in [0.2, 0.25) is 0 Å². The molecule has 1 aromatic carbocycles. The predicted molar refractivity (Wildman–Crippen MR) is 86.8 cm³/mol. The van der Waals surface area contributed by atoms with Crippen LogP contribution in [0.15, 0.2) is 47.1 Å². The molecule has 2 N–H and O–H groups in total. The molecule has 1 aliphatic rings. The second-order valence-corrected chi connectivity index (χ2v) is 5.89. The van der Waals surface area contributed by atoms with Crippen LogP contribution in [0.5, 0.6) is 0 Å². The summed E-state index contributed by atoms with van der Waals surface area (Å²) in [5.41, 5.74) is 1.74. The summed E-state index contributed by atoms with van der Waals surface area (Å²) >= 11 is 0. The second kappa shape index (κ2) is 7.44. The van der Waals surface area contributed by atoms with Gasteiger partial charge in [0.1, 0.15) is 5.76 Å². The third-order valence-electron chi connectivity index (χ3n) is 4.03. The minimum absolute atomic E-state index is 0.108. The van der Waals surface area contributed by atoms with Crippen molar-refractivity contribution >= 4 is 5.91 Å². The van der Waals surface area contributed by atoms with E-state index in [0.717, 1.165) is 17.9 Å². The SMILES string of the molecule is O=C(NCc1ccco1)c1cccc(CN(CCO)C2CC2)c1. The summed E-state index contributed by atoms with van der Waals surface area (Å²) < 4.78 is 5.21. The normalized spacial score (nSPS) is 14.2. The van der Waals surface area contributed by atoms with Gasteiger partial charge in [-0.1, -0.05) is 12.1 Å². The van der Waals surface area contributed by atoms with Crippen LogP contribution in [0.4, 0.5) is 0 Å². The highest BCUT2D eigenvalue weighted by Gasteiger charge is 2.28. The van der Waals surface area contributed by atoms with E-state index in [-0.39, 0.29) is 12.5 Å². The molecule has 5 heteroatoms. The van der Waals surface area contributed by atoms with Crippen LogP contribution in [-0.4, -0.2) is 35.1 Å². The highest BCUT2D eigenvalue weighted by Crippen LogP contribution is 2.28. The van der Waals surface area contributed by atoms with Gasteiger partial charge in [-0.25, -0.2) is 0 Å². The number of aliphatic hydroxyl groups is 1. The molecular formula is C18H22N2O3. The summed E-state index contributed by atoms with van der Waals surface area (Å²) in [7, 11) is 0. The molecule has 0 bridgehead atoms. The number of nitrogens with one attached hydrogen (secondary N) is 1. The molecule has 0 radical (unpaired) electrons. The van der Waals surface area contributed by atoms with E-state index in [1.807, 2.05) is 30.3 Å². The minimum atomic E-state index is -0.108. The second-order valence-electron chi connectivity index (χ2n) is 5.89. The summed E-state index contributed by atoms with van der Waals surface area (Å²) in [5, 5.41) is 12.0. The first-order chi connectivity index (χ1) is 11.3. The van der Waals surface area contributed by atoms with E-state index in [2.05, 4.69) is 10.2 Å². The zero-order valence-electron chi connectivity index (χ0n) is 13.1. The van der Waals surface area contributed by atoms with Crippen LogP contribution >= 0.6 is 0 Å². The van der Waals surface area contributed by atoms with Crippen molar-refractivity contribution in [2.24, 2.45) is 0 Å². The van der Waals surface area contributed by atoms with E-state index >= 15 is 0 Å². The maximum atomic E-state index is 12.2. The van der Waals surface area contributed by atoms with Gasteiger partial charge in [0.05, 0.1) is 19.4 Å². The summed E-state index contributed by atoms with van der Waals surface area (Å²) in [6.07, 6.45) is 3.99. The van der Waals surface area contributed by atoms with Crippen molar-refractivity contribution < 1.29 is 14.3 Å². The van der Waals surface area contributed by atoms with Gasteiger partial charge in [0.2, 0.25) is 0 Å². The molecule has 1 aliphatic carbocycles. The molecule has 1 heterocycles. The Morgan fingerprint density at radius 3 is 2.87 bits per heavy atom. The van der Waals surface area contributed by atoms with Crippen molar-refractivity contribution in [3.63, 3.8) is 0 Å². The van der Waals surface area contributed by atoms with Gasteiger partial charge in [-0.15, -0.1) is 0 Å². The number of hydrogen-bond acceptors (Lipinski definition) is 4. The van der Waals surface area contributed by atoms with Crippen molar-refractivity contribution in [3.8, 4) is 0 Å². The molecule has 1 amide bonds. The van der Waals surface area contributed by atoms with Crippen LogP contribution < -0.4 is 5.32 Å². The zero-order valence-corrected chi connectivity index (χ0v) is 13.1. The molecule has 5 nitrogen and oxygen atoms in total. The van der Waals surface area contributed by atoms with E-state index in [1.54, 1.807) is 12.3 Å². The molecule has 3 rings (SSSR count). The van der Waals surface area contributed by atoms with Crippen LogP contribution in [0.25, 0.3) is 0 Å². The molecule has 0 atom stereocenters. The van der Waals surface area contributed by atoms with E-state index in [0.29, 0.717) is 24.7 Å². The van der Waals surface area contributed by atoms with E-state index < -0.39 is 0 Å². The smallest absolute Gasteiger partial charge is 0.251 e. The Labute approximate surface area is 135 Å². The Balaban J connectivity index is 1.60. The van der Waals surface area contributed by atoms with Crippen LogP contribution in [-0.2, 0) is 13.1 Å². The minimum Gasteiger partial charge on any atom is -0.467 e. The largest absolute Gasteiger partial charge is 0.467 e. The Bertz CT molecular complexity index is 635. The van der Waals surface area contributed by atoms with E-state index in [4.69, 9.17) is 4.42 Å². The Morgan fingerprint density at radius 1 is 1.30 bits per heavy atom. The van der Waals surface area contributed by atoms with Crippen molar-refractivity contribution in [3.05, 3.63) is 59.5 Å². The molecule has 0 spiro atoms. The highest BCUT2D eigenvalue weighted by molar-refractivity contribution is 5.94. The molecule has 23 heavy (non-hydrogen) atoms. The summed E-state index contributed by atoms with van der Waals surface area (Å²) in [5.74, 6) is 0.626. The number of amides is 1. The van der Waals surface area contributed by atoms with Gasteiger partial charge in [-0.2, -0.15) is 0 Å². The zero-order chi connectivity index (χ0) is 16.1. The van der Waals surface area contributed by atoms with Gasteiger partial charge < -0.3 is 14.8 Å². The topological polar surface area (TPSA) is 65.7 Å². The van der Waals surface area contributed by atoms with Gasteiger partial charge in [-0.05, 0) is 42.7 Å². The average Bonchev–Trinajstić information content (AvgIpc) is 3.28. The average molecular weight is 314 g/mol. The first kappa shape index (κ1) is 15.8. The third-order valence-corrected chi connectivity index (χ3v) is 4.03. The summed E-state index contributed by atoms with van der Waals surface area (Å²) in [6, 6.07) is 11.9. The van der Waals surface area contributed by atoms with Crippen LogP contribution in [0.3, 0.4) is 0 Å². The molecule has 2 aromatic rings. The number of hydrogen-bond donors (Lipinski definition) is 2. The lowest BCUT2D eigenvalue weighted by molar-refractivity contribution is 0.0947. The molecular weight excluding hydrogens is 292 g/mol. The third kappa shape index (κ3) is 4.43. The molecule has 1 saturated carbocycles. The molecule has 0 unspecified atom stereocenters. The Hall–Kier alpha value is -2.11. The maximum absolute atomic E-state index is 12.2. The highest BCUT2D eigenvalue weighted by atomic mass is 16.3. The van der Waals surface area contributed by atoms with Gasteiger partial charge >= 0.3 is 0 Å². The number of carbonyl (C=O) groups is 1. The predicted octanol–water partition coefficient (Wildman–Crippen LogP) is 2.17. The molecule has 0 aliphatic heterocycles. The molecule has 1 aromatic heterocycles. The maximum Gasteiger partial charge on any atom is 0.251 e. The van der Waals surface area contributed by atoms with Crippen molar-refractivity contribution in [1.29, 1.82) is 0 Å². The number of benzene rings is 1. The Morgan fingerprint density at radius 2 is 2.17 bits per heavy atom. The van der Waals surface area contributed by atoms with Gasteiger partial charge in [0.25, 0.3) is 5.91 Å². The first-order valence-electron chi connectivity index (χ1n) is 8.00. The van der Waals surface area contributed by atoms with Crippen molar-refractivity contribution in [1.82, 2.24) is 10.2 Å². The lowest BCUT2D eigenvalue weighted by Crippen LogP contribution is -2.29. The lowest BCUT2D eigenvalue weighted by atomic mass is 10.1. The quantitative estimate of drug-likeness (QED) is 0.784. The van der Waals surface area contributed by atoms with Crippen LogP contribution in [0.1, 0.15) is 34.5 Å². The molecule has 122 valence electrons. The van der Waals surface area contributed by atoms with E-state index in [9.17, 15) is 9.90 Å². The number of aliphatic hydroxyl groups excluding tert-OH is 1. The van der Waals surface area contributed by atoms with Crippen molar-refractivity contribution in [2.45, 2.75) is 32.0 Å². The standard InChI is InChI=1S/C18H22N2O3/c21-9-8-20(16-6-7-16)13-14-3-1-4-15(11-14)18(22)19-12-17-5-2-10-23-17/h1-5,10-11,16,21H,6-9,12-13H2,(H,19,22). The first-order valence-corrected chi connectivity index (χ1v) is 8.00. The summed E-state index contributed by atoms with van der Waals surface area (Å²) in [6.45, 7) is 2.00. The molecule has 0 saturated heterocycles. The fourth-order valence-electron chi connectivity index (χ4n) is 2.69. The fourth-order valence-corrected chi connectivity index (χ4v) is 2.69. The fraction of sp³-hybridized carbons (Fsp3) is 0.389. The van der Waals surface area contributed by atoms with Gasteiger partial charge in [-0.3, -0.25) is 9.69 Å². The molecule has 1 fully saturated rings. The van der Waals surface area contributed by atoms with Crippen LogP contribution in [0, 0.1) is 0 Å².